The lowest BCUT2D eigenvalue weighted by atomic mass is 10.0. The molecule has 32 heavy (non-hydrogen) atoms. The number of nitrogens with zero attached hydrogens (tertiary/aromatic N) is 5. The summed E-state index contributed by atoms with van der Waals surface area (Å²) in [6.07, 6.45) is 3.33. The fourth-order valence-electron chi connectivity index (χ4n) is 3.37. The smallest absolute Gasteiger partial charge is 0.256 e. The van der Waals surface area contributed by atoms with E-state index in [4.69, 9.17) is 16.1 Å². The Morgan fingerprint density at radius 1 is 1.19 bits per heavy atom. The maximum Gasteiger partial charge on any atom is 0.256 e. The summed E-state index contributed by atoms with van der Waals surface area (Å²) >= 11 is 6.55. The molecule has 1 amide bonds. The number of halogens is 1. The molecule has 0 saturated carbocycles. The first kappa shape index (κ1) is 21.7. The predicted octanol–water partition coefficient (Wildman–Crippen LogP) is 4.47. The molecular weight excluding hydrogens is 428 g/mol. The minimum atomic E-state index is -0.492. The van der Waals surface area contributed by atoms with E-state index in [-0.39, 0.29) is 17.0 Å². The highest BCUT2D eigenvalue weighted by Crippen LogP contribution is 2.26. The van der Waals surface area contributed by atoms with Crippen molar-refractivity contribution in [2.75, 3.05) is 0 Å². The van der Waals surface area contributed by atoms with Gasteiger partial charge in [-0.05, 0) is 30.5 Å². The number of hydrogen-bond acceptors (Lipinski definition) is 6. The second-order valence-electron chi connectivity index (χ2n) is 7.79. The molecule has 164 valence electrons. The van der Waals surface area contributed by atoms with E-state index in [0.717, 1.165) is 11.1 Å². The van der Waals surface area contributed by atoms with Crippen LogP contribution in [0, 0.1) is 12.8 Å². The molecule has 0 aliphatic heterocycles. The molecule has 1 aromatic carbocycles. The predicted molar refractivity (Wildman–Crippen MR) is 120 cm³/mol. The third-order valence-corrected chi connectivity index (χ3v) is 5.43. The molecule has 4 rings (SSSR count). The Balaban J connectivity index is 1.56. The van der Waals surface area contributed by atoms with Crippen LogP contribution in [-0.4, -0.2) is 30.8 Å². The summed E-state index contributed by atoms with van der Waals surface area (Å²) in [5.74, 6) is 0.391. The zero-order valence-electron chi connectivity index (χ0n) is 18.0. The van der Waals surface area contributed by atoms with Crippen LogP contribution in [0.1, 0.15) is 47.4 Å². The first-order valence-corrected chi connectivity index (χ1v) is 10.6. The molecule has 3 aromatic heterocycles. The highest BCUT2D eigenvalue weighted by molar-refractivity contribution is 6.33. The van der Waals surface area contributed by atoms with Crippen molar-refractivity contribution >= 4 is 17.5 Å². The summed E-state index contributed by atoms with van der Waals surface area (Å²) in [5.41, 5.74) is 2.66. The summed E-state index contributed by atoms with van der Waals surface area (Å²) in [4.78, 5) is 21.7. The van der Waals surface area contributed by atoms with Crippen LogP contribution in [0.25, 0.3) is 11.4 Å². The van der Waals surface area contributed by atoms with Gasteiger partial charge in [0.2, 0.25) is 11.7 Å². The van der Waals surface area contributed by atoms with Crippen molar-refractivity contribution in [1.82, 2.24) is 30.2 Å². The number of carbonyl (C=O) groups excluding carboxylic acids is 1. The van der Waals surface area contributed by atoms with Gasteiger partial charge >= 0.3 is 0 Å². The van der Waals surface area contributed by atoms with E-state index < -0.39 is 6.04 Å². The van der Waals surface area contributed by atoms with Crippen LogP contribution in [0.3, 0.4) is 0 Å². The maximum atomic E-state index is 13.2. The van der Waals surface area contributed by atoms with Crippen LogP contribution in [0.2, 0.25) is 5.15 Å². The van der Waals surface area contributed by atoms with Gasteiger partial charge in [-0.2, -0.15) is 10.1 Å². The van der Waals surface area contributed by atoms with Crippen LogP contribution >= 0.6 is 11.6 Å². The molecule has 1 unspecified atom stereocenters. The zero-order chi connectivity index (χ0) is 22.7. The molecular formula is C23H23ClN6O2. The fourth-order valence-corrected chi connectivity index (χ4v) is 3.69. The Bertz CT molecular complexity index is 1200. The molecule has 0 aliphatic rings. The molecule has 8 nitrogen and oxygen atoms in total. The van der Waals surface area contributed by atoms with Gasteiger partial charge in [0.25, 0.3) is 5.91 Å². The molecule has 0 spiro atoms. The lowest BCUT2D eigenvalue weighted by Crippen LogP contribution is -2.32. The average Bonchev–Trinajstić information content (AvgIpc) is 3.38. The Kier molecular flexibility index (Phi) is 6.32. The maximum absolute atomic E-state index is 13.2. The van der Waals surface area contributed by atoms with E-state index in [0.29, 0.717) is 29.5 Å². The van der Waals surface area contributed by atoms with Gasteiger partial charge in [0.05, 0.1) is 17.8 Å². The van der Waals surface area contributed by atoms with Crippen molar-refractivity contribution in [3.05, 3.63) is 82.7 Å². The van der Waals surface area contributed by atoms with Crippen molar-refractivity contribution in [2.45, 2.75) is 33.4 Å². The van der Waals surface area contributed by atoms with E-state index in [9.17, 15) is 4.79 Å². The lowest BCUT2D eigenvalue weighted by molar-refractivity contribution is 0.0913. The van der Waals surface area contributed by atoms with Gasteiger partial charge in [-0.1, -0.05) is 60.9 Å². The van der Waals surface area contributed by atoms with E-state index in [1.165, 1.54) is 0 Å². The molecule has 0 fully saturated rings. The molecule has 1 N–H and O–H groups in total. The lowest BCUT2D eigenvalue weighted by Gasteiger charge is -2.18. The van der Waals surface area contributed by atoms with Crippen LogP contribution < -0.4 is 5.32 Å². The van der Waals surface area contributed by atoms with E-state index in [2.05, 4.69) is 25.5 Å². The summed E-state index contributed by atoms with van der Waals surface area (Å²) in [6.45, 7) is 6.16. The summed E-state index contributed by atoms with van der Waals surface area (Å²) < 4.78 is 7.09. The van der Waals surface area contributed by atoms with Gasteiger partial charge in [-0.15, -0.1) is 0 Å². The van der Waals surface area contributed by atoms with Crippen molar-refractivity contribution in [3.8, 4) is 11.4 Å². The van der Waals surface area contributed by atoms with E-state index >= 15 is 0 Å². The number of aromatic nitrogens is 5. The average molecular weight is 451 g/mol. The van der Waals surface area contributed by atoms with Gasteiger partial charge in [0.1, 0.15) is 11.2 Å². The van der Waals surface area contributed by atoms with Crippen LogP contribution in [0.4, 0.5) is 0 Å². The molecule has 3 heterocycles. The Hall–Kier alpha value is -3.52. The van der Waals surface area contributed by atoms with Crippen LogP contribution in [0.15, 0.2) is 59.4 Å². The molecule has 4 aromatic rings. The quantitative estimate of drug-likeness (QED) is 0.446. The molecule has 0 bridgehead atoms. The molecule has 0 saturated heterocycles. The number of amides is 1. The minimum Gasteiger partial charge on any atom is -0.340 e. The standard InChI is InChI=1S/C23H23ClN6O2/c1-14(2)19(23-27-21(29-32-23)17-10-7-11-25-12-17)26-22(31)18-15(3)28-30(20(18)24)13-16-8-5-4-6-9-16/h4-12,14,19H,13H2,1-3H3,(H,26,31). The second kappa shape index (κ2) is 9.32. The molecule has 1 atom stereocenters. The highest BCUT2D eigenvalue weighted by atomic mass is 35.5. The summed E-state index contributed by atoms with van der Waals surface area (Å²) in [5, 5.41) is 11.8. The van der Waals surface area contributed by atoms with Gasteiger partial charge in [-0.3, -0.25) is 9.78 Å². The van der Waals surface area contributed by atoms with Crippen molar-refractivity contribution < 1.29 is 9.32 Å². The number of hydrogen-bond donors (Lipinski definition) is 1. The van der Waals surface area contributed by atoms with Gasteiger partial charge in [0, 0.05) is 18.0 Å². The van der Waals surface area contributed by atoms with Crippen molar-refractivity contribution in [2.24, 2.45) is 5.92 Å². The first-order valence-electron chi connectivity index (χ1n) is 10.3. The Morgan fingerprint density at radius 3 is 2.66 bits per heavy atom. The van der Waals surface area contributed by atoms with Crippen LogP contribution in [-0.2, 0) is 6.54 Å². The molecule has 9 heteroatoms. The third-order valence-electron chi connectivity index (χ3n) is 5.05. The van der Waals surface area contributed by atoms with Gasteiger partial charge < -0.3 is 9.84 Å². The molecule has 0 aliphatic carbocycles. The van der Waals surface area contributed by atoms with E-state index in [1.54, 1.807) is 30.1 Å². The van der Waals surface area contributed by atoms with E-state index in [1.807, 2.05) is 50.2 Å². The largest absolute Gasteiger partial charge is 0.340 e. The van der Waals surface area contributed by atoms with Crippen LogP contribution in [0.5, 0.6) is 0 Å². The number of carbonyl (C=O) groups is 1. The number of aryl methyl sites for hydroxylation is 1. The molecule has 0 radical (unpaired) electrons. The number of pyridine rings is 1. The monoisotopic (exact) mass is 450 g/mol. The number of benzene rings is 1. The topological polar surface area (TPSA) is 98.7 Å². The van der Waals surface area contributed by atoms with Gasteiger partial charge in [-0.25, -0.2) is 4.68 Å². The first-order chi connectivity index (χ1) is 15.4. The normalized spacial score (nSPS) is 12.2. The zero-order valence-corrected chi connectivity index (χ0v) is 18.7. The summed E-state index contributed by atoms with van der Waals surface area (Å²) in [7, 11) is 0. The Labute approximate surface area is 190 Å². The number of rotatable bonds is 7. The SMILES string of the molecule is Cc1nn(Cc2ccccc2)c(Cl)c1C(=O)NC(c1nc(-c2cccnc2)no1)C(C)C. The number of nitrogens with one attached hydrogen (secondary N) is 1. The highest BCUT2D eigenvalue weighted by Gasteiger charge is 2.28. The second-order valence-corrected chi connectivity index (χ2v) is 8.15. The summed E-state index contributed by atoms with van der Waals surface area (Å²) in [6, 6.07) is 13.0. The minimum absolute atomic E-state index is 0.000376. The van der Waals surface area contributed by atoms with Crippen molar-refractivity contribution in [1.29, 1.82) is 0 Å². The van der Waals surface area contributed by atoms with Gasteiger partial charge in [0.15, 0.2) is 0 Å². The Morgan fingerprint density at radius 2 is 1.97 bits per heavy atom. The fraction of sp³-hybridized carbons (Fsp3) is 0.261. The third kappa shape index (κ3) is 4.55. The van der Waals surface area contributed by atoms with Crippen molar-refractivity contribution in [3.63, 3.8) is 0 Å².